The van der Waals surface area contributed by atoms with Gasteiger partial charge in [-0.1, -0.05) is 50.6 Å². The largest absolute Gasteiger partial charge is 0.486 e. The molecule has 12 heteroatoms. The van der Waals surface area contributed by atoms with Gasteiger partial charge in [0.2, 0.25) is 0 Å². The van der Waals surface area contributed by atoms with Crippen LogP contribution in [0.3, 0.4) is 0 Å². The number of amides is 1. The number of sulfone groups is 1. The number of carbonyl (C=O) groups is 2. The number of nitrogens with one attached hydrogen (secondary N) is 1. The molecular formula is C34H37ClN2O7S2. The van der Waals surface area contributed by atoms with E-state index in [-0.39, 0.29) is 34.8 Å². The normalized spacial score (nSPS) is 12.3. The first-order chi connectivity index (χ1) is 21.8. The molecule has 0 radical (unpaired) electrons. The topological polar surface area (TPSA) is 121 Å². The molecule has 1 amide bonds. The lowest BCUT2D eigenvalue weighted by Crippen LogP contribution is -2.46. The van der Waals surface area contributed by atoms with Gasteiger partial charge in [0.15, 0.2) is 9.84 Å². The molecule has 244 valence electrons. The zero-order valence-corrected chi connectivity index (χ0v) is 28.5. The number of hydrogen-bond acceptors (Lipinski definition) is 9. The van der Waals surface area contributed by atoms with Crippen LogP contribution in [0, 0.1) is 0 Å². The smallest absolute Gasteiger partial charge is 0.369 e. The Morgan fingerprint density at radius 1 is 1.00 bits per heavy atom. The first-order valence-electron chi connectivity index (χ1n) is 14.7. The quantitative estimate of drug-likeness (QED) is 0.114. The minimum atomic E-state index is -3.43. The Balaban J connectivity index is 1.34. The average molecular weight is 685 g/mol. The van der Waals surface area contributed by atoms with Crippen LogP contribution in [-0.4, -0.2) is 43.9 Å². The molecule has 1 unspecified atom stereocenters. The highest BCUT2D eigenvalue weighted by atomic mass is 35.5. The van der Waals surface area contributed by atoms with Gasteiger partial charge in [0.25, 0.3) is 12.1 Å². The zero-order chi connectivity index (χ0) is 33.3. The highest BCUT2D eigenvalue weighted by molar-refractivity contribution is 7.91. The number of esters is 1. The van der Waals surface area contributed by atoms with Gasteiger partial charge in [-0.3, -0.25) is 4.79 Å². The summed E-state index contributed by atoms with van der Waals surface area (Å²) >= 11 is 7.38. The summed E-state index contributed by atoms with van der Waals surface area (Å²) in [4.78, 5) is 30.7. The molecule has 0 fully saturated rings. The Morgan fingerprint density at radius 3 is 2.37 bits per heavy atom. The summed E-state index contributed by atoms with van der Waals surface area (Å²) in [6.45, 7) is 8.31. The van der Waals surface area contributed by atoms with E-state index < -0.39 is 27.9 Å². The lowest BCUT2D eigenvalue weighted by molar-refractivity contribution is -0.152. The van der Waals surface area contributed by atoms with Crippen molar-refractivity contribution in [1.29, 1.82) is 0 Å². The third kappa shape index (κ3) is 10.0. The molecule has 9 nitrogen and oxygen atoms in total. The van der Waals surface area contributed by atoms with Crippen LogP contribution in [0.4, 0.5) is 0 Å². The van der Waals surface area contributed by atoms with Crippen molar-refractivity contribution in [3.05, 3.63) is 105 Å². The number of hydrogen-bond donors (Lipinski definition) is 1. The standard InChI is InChI=1S/C34H37ClN2O7S2/c1-5-42-33(39)32(37-31(38)24-9-6-10-27(20-24)43-21-30-36-29(22-45-30)34(2,3)4)44-26-15-11-23(12-16-26)8-7-19-46(40,41)28-17-13-25(35)14-18-28/h6,9-18,20,22,32H,5,7-8,19,21H2,1-4H3,(H,37,38). The van der Waals surface area contributed by atoms with Crippen LogP contribution in [0.25, 0.3) is 0 Å². The minimum Gasteiger partial charge on any atom is -0.486 e. The van der Waals surface area contributed by atoms with Gasteiger partial charge in [-0.2, -0.15) is 0 Å². The van der Waals surface area contributed by atoms with E-state index in [9.17, 15) is 18.0 Å². The SMILES string of the molecule is CCOC(=O)C(NC(=O)c1cccc(OCc2nc(C(C)(C)C)cs2)c1)Oc1ccc(CCCS(=O)(=O)c2ccc(Cl)cc2)cc1. The van der Waals surface area contributed by atoms with E-state index in [1.54, 1.807) is 67.6 Å². The summed E-state index contributed by atoms with van der Waals surface area (Å²) in [5, 5.41) is 5.91. The number of aromatic nitrogens is 1. The summed E-state index contributed by atoms with van der Waals surface area (Å²) in [5.41, 5.74) is 2.09. The second kappa shape index (κ2) is 15.6. The predicted octanol–water partition coefficient (Wildman–Crippen LogP) is 6.78. The monoisotopic (exact) mass is 684 g/mol. The third-order valence-electron chi connectivity index (χ3n) is 6.77. The molecule has 0 saturated heterocycles. The fourth-order valence-electron chi connectivity index (χ4n) is 4.25. The minimum absolute atomic E-state index is 0.0147. The van der Waals surface area contributed by atoms with Crippen molar-refractivity contribution in [1.82, 2.24) is 10.3 Å². The van der Waals surface area contributed by atoms with E-state index in [0.29, 0.717) is 29.4 Å². The van der Waals surface area contributed by atoms with Gasteiger partial charge in [-0.25, -0.2) is 18.2 Å². The van der Waals surface area contributed by atoms with Gasteiger partial charge < -0.3 is 19.5 Å². The molecule has 0 aliphatic rings. The molecule has 0 saturated carbocycles. The second-order valence-corrected chi connectivity index (χ2v) is 14.9. The van der Waals surface area contributed by atoms with Gasteiger partial charge >= 0.3 is 5.97 Å². The van der Waals surface area contributed by atoms with Crippen LogP contribution >= 0.6 is 22.9 Å². The van der Waals surface area contributed by atoms with Crippen LogP contribution in [0.1, 0.15) is 60.7 Å². The molecule has 1 heterocycles. The molecule has 0 bridgehead atoms. The van der Waals surface area contributed by atoms with Gasteiger partial charge in [-0.05, 0) is 79.9 Å². The van der Waals surface area contributed by atoms with E-state index >= 15 is 0 Å². The summed E-state index contributed by atoms with van der Waals surface area (Å²) in [6, 6.07) is 19.6. The fraction of sp³-hybridized carbons (Fsp3) is 0.324. The van der Waals surface area contributed by atoms with E-state index in [1.807, 2.05) is 5.38 Å². The van der Waals surface area contributed by atoms with Crippen molar-refractivity contribution >= 4 is 44.7 Å². The van der Waals surface area contributed by atoms with E-state index in [4.69, 9.17) is 25.8 Å². The van der Waals surface area contributed by atoms with Crippen LogP contribution in [0.5, 0.6) is 11.5 Å². The number of halogens is 1. The predicted molar refractivity (Wildman–Crippen MR) is 178 cm³/mol. The van der Waals surface area contributed by atoms with Crippen molar-refractivity contribution in [2.75, 3.05) is 12.4 Å². The van der Waals surface area contributed by atoms with Gasteiger partial charge in [0, 0.05) is 21.4 Å². The highest BCUT2D eigenvalue weighted by Crippen LogP contribution is 2.25. The number of thiazole rings is 1. The van der Waals surface area contributed by atoms with Gasteiger partial charge in [0.1, 0.15) is 23.1 Å². The molecule has 46 heavy (non-hydrogen) atoms. The summed E-state index contributed by atoms with van der Waals surface area (Å²) < 4.78 is 42.0. The lowest BCUT2D eigenvalue weighted by Gasteiger charge is -2.19. The van der Waals surface area contributed by atoms with Crippen LogP contribution in [-0.2, 0) is 37.8 Å². The number of carbonyl (C=O) groups excluding carboxylic acids is 2. The molecule has 1 aromatic heterocycles. The molecule has 1 atom stereocenters. The number of benzene rings is 3. The maximum Gasteiger partial charge on any atom is 0.369 e. The number of rotatable bonds is 14. The average Bonchev–Trinajstić information content (AvgIpc) is 3.51. The molecule has 4 rings (SSSR count). The Morgan fingerprint density at radius 2 is 1.72 bits per heavy atom. The Labute approximate surface area is 278 Å². The first-order valence-corrected chi connectivity index (χ1v) is 17.6. The van der Waals surface area contributed by atoms with Crippen LogP contribution in [0.2, 0.25) is 5.02 Å². The fourth-order valence-corrected chi connectivity index (χ4v) is 6.62. The van der Waals surface area contributed by atoms with Gasteiger partial charge in [0.05, 0.1) is 22.9 Å². The molecule has 0 aliphatic heterocycles. The molecule has 4 aromatic rings. The Kier molecular flexibility index (Phi) is 11.8. The highest BCUT2D eigenvalue weighted by Gasteiger charge is 2.25. The maximum atomic E-state index is 13.1. The van der Waals surface area contributed by atoms with Crippen molar-refractivity contribution in [3.63, 3.8) is 0 Å². The molecule has 0 aliphatic carbocycles. The number of aryl methyl sites for hydroxylation is 1. The lowest BCUT2D eigenvalue weighted by atomic mass is 9.93. The van der Waals surface area contributed by atoms with Crippen molar-refractivity contribution in [2.24, 2.45) is 0 Å². The van der Waals surface area contributed by atoms with E-state index in [0.717, 1.165) is 16.3 Å². The molecule has 0 spiro atoms. The Bertz CT molecular complexity index is 1730. The van der Waals surface area contributed by atoms with Crippen LogP contribution < -0.4 is 14.8 Å². The van der Waals surface area contributed by atoms with E-state index in [1.165, 1.54) is 23.5 Å². The van der Waals surface area contributed by atoms with E-state index in [2.05, 4.69) is 31.1 Å². The van der Waals surface area contributed by atoms with Gasteiger partial charge in [-0.15, -0.1) is 11.3 Å². The number of ether oxygens (including phenoxy) is 3. The first kappa shape index (κ1) is 34.9. The second-order valence-electron chi connectivity index (χ2n) is 11.4. The molecule has 1 N–H and O–H groups in total. The summed E-state index contributed by atoms with van der Waals surface area (Å²) in [6.07, 6.45) is -0.472. The Hall–Kier alpha value is -3.93. The molecular weight excluding hydrogens is 648 g/mol. The van der Waals surface area contributed by atoms with Crippen molar-refractivity contribution < 1.29 is 32.2 Å². The summed E-state index contributed by atoms with van der Waals surface area (Å²) in [7, 11) is -3.43. The third-order valence-corrected chi connectivity index (χ3v) is 9.66. The molecule has 3 aromatic carbocycles. The summed E-state index contributed by atoms with van der Waals surface area (Å²) in [5.74, 6) is -0.514. The van der Waals surface area contributed by atoms with Crippen molar-refractivity contribution in [3.8, 4) is 11.5 Å². The van der Waals surface area contributed by atoms with Crippen LogP contribution in [0.15, 0.2) is 83.1 Å². The maximum absolute atomic E-state index is 13.1. The zero-order valence-electron chi connectivity index (χ0n) is 26.1. The van der Waals surface area contributed by atoms with Crippen molar-refractivity contribution in [2.45, 2.75) is 63.7 Å². The number of nitrogens with zero attached hydrogens (tertiary/aromatic N) is 1.